The highest BCUT2D eigenvalue weighted by molar-refractivity contribution is 7.18. The van der Waals surface area contributed by atoms with E-state index in [9.17, 15) is 22.8 Å². The van der Waals surface area contributed by atoms with E-state index in [4.69, 9.17) is 0 Å². The Morgan fingerprint density at radius 1 is 1.15 bits per heavy atom. The van der Waals surface area contributed by atoms with Gasteiger partial charge in [0.05, 0.1) is 21.5 Å². The van der Waals surface area contributed by atoms with Crippen LogP contribution in [0.25, 0.3) is 27.1 Å². The zero-order chi connectivity index (χ0) is 22.9. The maximum atomic E-state index is 13.0. The van der Waals surface area contributed by atoms with Crippen molar-refractivity contribution in [2.75, 3.05) is 0 Å². The summed E-state index contributed by atoms with van der Waals surface area (Å²) in [4.78, 5) is 36.3. The molecule has 1 aliphatic rings. The van der Waals surface area contributed by atoms with E-state index in [1.165, 1.54) is 6.20 Å². The molecule has 1 unspecified atom stereocenters. The first-order valence-corrected chi connectivity index (χ1v) is 10.7. The van der Waals surface area contributed by atoms with E-state index in [0.29, 0.717) is 32.9 Å². The standard InChI is InChI=1S/C21H13F3N6O2S/c22-21(23,24)19-27-14-2-1-9(5-16(14)33-19)10-6-11(10)12-7-15(29-30-4-3-25-17(12)30)13-8-26-20(32)28-18(13)31/h1-5,7-8,10-11H,6H2,(H2,26,28,31,32)/t10?,11-/m0/s1. The number of nitrogens with zero attached hydrogens (tertiary/aromatic N) is 4. The van der Waals surface area contributed by atoms with Gasteiger partial charge in [0.2, 0.25) is 0 Å². The Balaban J connectivity index is 1.39. The predicted octanol–water partition coefficient (Wildman–Crippen LogP) is 3.67. The lowest BCUT2D eigenvalue weighted by Gasteiger charge is -2.07. The van der Waals surface area contributed by atoms with Gasteiger partial charge in [-0.1, -0.05) is 6.07 Å². The van der Waals surface area contributed by atoms with Crippen LogP contribution in [0.2, 0.25) is 0 Å². The number of imidazole rings is 1. The van der Waals surface area contributed by atoms with Crippen LogP contribution in [0.1, 0.15) is 34.4 Å². The van der Waals surface area contributed by atoms with E-state index in [-0.39, 0.29) is 17.4 Å². The average Bonchev–Trinajstić information content (AvgIpc) is 3.19. The molecule has 0 bridgehead atoms. The number of hydrogen-bond acceptors (Lipinski definition) is 6. The molecule has 0 aliphatic heterocycles. The Kier molecular flexibility index (Phi) is 4.12. The average molecular weight is 470 g/mol. The number of benzene rings is 1. The number of aromatic amines is 2. The van der Waals surface area contributed by atoms with Gasteiger partial charge in [-0.25, -0.2) is 19.3 Å². The van der Waals surface area contributed by atoms with Crippen molar-refractivity contribution in [3.63, 3.8) is 0 Å². The molecule has 0 amide bonds. The van der Waals surface area contributed by atoms with Gasteiger partial charge >= 0.3 is 11.9 Å². The van der Waals surface area contributed by atoms with Crippen LogP contribution >= 0.6 is 11.3 Å². The van der Waals surface area contributed by atoms with Gasteiger partial charge in [0, 0.05) is 24.2 Å². The van der Waals surface area contributed by atoms with Crippen LogP contribution in [0.5, 0.6) is 0 Å². The summed E-state index contributed by atoms with van der Waals surface area (Å²) in [6.07, 6.45) is 0.903. The third-order valence-electron chi connectivity index (χ3n) is 5.76. The maximum absolute atomic E-state index is 13.0. The highest BCUT2D eigenvalue weighted by Gasteiger charge is 2.42. The Labute approximate surface area is 185 Å². The van der Waals surface area contributed by atoms with Gasteiger partial charge in [-0.05, 0) is 42.0 Å². The Morgan fingerprint density at radius 2 is 2.00 bits per heavy atom. The number of nitrogens with one attached hydrogen (secondary N) is 2. The summed E-state index contributed by atoms with van der Waals surface area (Å²) in [6.45, 7) is 0. The van der Waals surface area contributed by atoms with Gasteiger partial charge in [0.1, 0.15) is 0 Å². The van der Waals surface area contributed by atoms with E-state index < -0.39 is 22.4 Å². The number of thiazole rings is 1. The van der Waals surface area contributed by atoms with Crippen molar-refractivity contribution < 1.29 is 13.2 Å². The zero-order valence-electron chi connectivity index (χ0n) is 16.6. The number of alkyl halides is 3. The lowest BCUT2D eigenvalue weighted by Crippen LogP contribution is -2.23. The third-order valence-corrected chi connectivity index (χ3v) is 6.82. The van der Waals surface area contributed by atoms with Crippen molar-refractivity contribution in [3.05, 3.63) is 79.8 Å². The molecule has 2 N–H and O–H groups in total. The van der Waals surface area contributed by atoms with Crippen LogP contribution in [0.4, 0.5) is 13.2 Å². The van der Waals surface area contributed by atoms with Crippen LogP contribution in [0, 0.1) is 0 Å². The van der Waals surface area contributed by atoms with Crippen molar-refractivity contribution in [1.82, 2.24) is 29.5 Å². The van der Waals surface area contributed by atoms with Crippen LogP contribution in [0.15, 0.2) is 52.4 Å². The molecule has 0 saturated heterocycles. The largest absolute Gasteiger partial charge is 0.443 e. The molecule has 2 atom stereocenters. The van der Waals surface area contributed by atoms with Gasteiger partial charge in [0.25, 0.3) is 5.56 Å². The van der Waals surface area contributed by atoms with Crippen molar-refractivity contribution >= 4 is 27.2 Å². The lowest BCUT2D eigenvalue weighted by atomic mass is 10.0. The highest BCUT2D eigenvalue weighted by atomic mass is 32.1. The fourth-order valence-corrected chi connectivity index (χ4v) is 5.03. The van der Waals surface area contributed by atoms with E-state index >= 15 is 0 Å². The van der Waals surface area contributed by atoms with Crippen molar-refractivity contribution in [2.24, 2.45) is 0 Å². The smallest absolute Gasteiger partial charge is 0.313 e. The molecular weight excluding hydrogens is 457 g/mol. The Morgan fingerprint density at radius 3 is 2.79 bits per heavy atom. The third kappa shape index (κ3) is 3.33. The van der Waals surface area contributed by atoms with Crippen molar-refractivity contribution in [1.29, 1.82) is 0 Å². The summed E-state index contributed by atoms with van der Waals surface area (Å²) in [5.41, 5.74) is 2.21. The first kappa shape index (κ1) is 19.9. The number of aromatic nitrogens is 6. The van der Waals surface area contributed by atoms with E-state index in [2.05, 4.69) is 25.0 Å². The molecule has 12 heteroatoms. The normalized spacial score (nSPS) is 18.3. The quantitative estimate of drug-likeness (QED) is 0.418. The summed E-state index contributed by atoms with van der Waals surface area (Å²) in [6, 6.07) is 6.98. The summed E-state index contributed by atoms with van der Waals surface area (Å²) in [7, 11) is 0. The number of hydrogen-bond donors (Lipinski definition) is 2. The summed E-state index contributed by atoms with van der Waals surface area (Å²) >= 11 is 0.637. The number of H-pyrrole nitrogens is 2. The van der Waals surface area contributed by atoms with Gasteiger partial charge in [-0.2, -0.15) is 18.3 Å². The van der Waals surface area contributed by atoms with Crippen LogP contribution in [-0.2, 0) is 6.18 Å². The van der Waals surface area contributed by atoms with Crippen molar-refractivity contribution in [2.45, 2.75) is 24.4 Å². The van der Waals surface area contributed by atoms with Gasteiger partial charge in [-0.3, -0.25) is 9.78 Å². The van der Waals surface area contributed by atoms with Crippen LogP contribution in [-0.4, -0.2) is 29.5 Å². The minimum Gasteiger partial charge on any atom is -0.313 e. The fourth-order valence-electron chi connectivity index (χ4n) is 4.15. The monoisotopic (exact) mass is 470 g/mol. The molecule has 1 saturated carbocycles. The minimum atomic E-state index is -4.47. The number of rotatable bonds is 3. The molecule has 0 spiro atoms. The SMILES string of the molecule is O=c1[nH]cc(-c2cc([C@H]3CC3c3ccc4nc(C(F)(F)F)sc4c3)c3nccn3n2)c(=O)[nH]1. The molecule has 4 heterocycles. The topological polar surface area (TPSA) is 109 Å². The van der Waals surface area contributed by atoms with Crippen LogP contribution < -0.4 is 11.2 Å². The highest BCUT2D eigenvalue weighted by Crippen LogP contribution is 2.56. The number of fused-ring (bicyclic) bond motifs is 2. The molecule has 0 radical (unpaired) electrons. The molecule has 1 fully saturated rings. The second-order valence-electron chi connectivity index (χ2n) is 7.86. The predicted molar refractivity (Wildman–Crippen MR) is 114 cm³/mol. The number of halogens is 3. The molecule has 1 aromatic carbocycles. The second kappa shape index (κ2) is 6.85. The zero-order valence-corrected chi connectivity index (χ0v) is 17.4. The van der Waals surface area contributed by atoms with Crippen LogP contribution in [0.3, 0.4) is 0 Å². The Bertz CT molecular complexity index is 1660. The molecular formula is C21H13F3N6O2S. The van der Waals surface area contributed by atoms with E-state index in [0.717, 1.165) is 17.5 Å². The molecule has 6 rings (SSSR count). The molecule has 4 aromatic heterocycles. The van der Waals surface area contributed by atoms with E-state index in [1.807, 2.05) is 6.07 Å². The second-order valence-corrected chi connectivity index (χ2v) is 8.89. The first-order chi connectivity index (χ1) is 15.8. The molecule has 33 heavy (non-hydrogen) atoms. The summed E-state index contributed by atoms with van der Waals surface area (Å²) in [5.74, 6) is 0.154. The summed E-state index contributed by atoms with van der Waals surface area (Å²) in [5, 5.41) is 3.57. The fraction of sp³-hybridized carbons (Fsp3) is 0.190. The van der Waals surface area contributed by atoms with E-state index in [1.54, 1.807) is 35.1 Å². The van der Waals surface area contributed by atoms with Gasteiger partial charge in [-0.15, -0.1) is 11.3 Å². The minimum absolute atomic E-state index is 0.0611. The molecule has 166 valence electrons. The lowest BCUT2D eigenvalue weighted by molar-refractivity contribution is -0.137. The van der Waals surface area contributed by atoms with Gasteiger partial charge in [0.15, 0.2) is 10.7 Å². The molecule has 8 nitrogen and oxygen atoms in total. The van der Waals surface area contributed by atoms with Crippen molar-refractivity contribution in [3.8, 4) is 11.3 Å². The molecule has 5 aromatic rings. The maximum Gasteiger partial charge on any atom is 0.443 e. The first-order valence-electron chi connectivity index (χ1n) is 9.92. The summed E-state index contributed by atoms with van der Waals surface area (Å²) < 4.78 is 41.1. The Hall–Kier alpha value is -3.80. The molecule has 1 aliphatic carbocycles. The van der Waals surface area contributed by atoms with Gasteiger partial charge < -0.3 is 4.98 Å².